The van der Waals surface area contributed by atoms with Gasteiger partial charge in [0.25, 0.3) is 0 Å². The number of ketones is 1. The Balaban J connectivity index is 2.93. The molecular weight excluding hydrogens is 237 g/mol. The maximum absolute atomic E-state index is 13.1. The van der Waals surface area contributed by atoms with Crippen molar-refractivity contribution < 1.29 is 9.18 Å². The molecule has 2 N–H and O–H groups in total. The van der Waals surface area contributed by atoms with Crippen molar-refractivity contribution in [1.29, 1.82) is 0 Å². The van der Waals surface area contributed by atoms with Crippen LogP contribution in [0.1, 0.15) is 5.56 Å². The maximum atomic E-state index is 13.1. The van der Waals surface area contributed by atoms with Crippen LogP contribution in [-0.4, -0.2) is 11.1 Å². The number of anilines is 1. The lowest BCUT2D eigenvalue weighted by molar-refractivity contribution is -0.115. The summed E-state index contributed by atoms with van der Waals surface area (Å²) in [5.41, 5.74) is 6.13. The third kappa shape index (κ3) is 2.52. The Labute approximate surface area is 84.1 Å². The molecule has 2 nitrogen and oxygen atoms in total. The van der Waals surface area contributed by atoms with Gasteiger partial charge < -0.3 is 5.73 Å². The van der Waals surface area contributed by atoms with Gasteiger partial charge in [0.15, 0.2) is 0 Å². The molecule has 0 aromatic heterocycles. The summed E-state index contributed by atoms with van der Waals surface area (Å²) in [4.78, 5) is 11.0. The lowest BCUT2D eigenvalue weighted by Crippen LogP contribution is -2.07. The first-order valence-corrected chi connectivity index (χ1v) is 4.88. The van der Waals surface area contributed by atoms with Gasteiger partial charge in [-0.1, -0.05) is 22.0 Å². The third-order valence-electron chi connectivity index (χ3n) is 1.68. The fourth-order valence-electron chi connectivity index (χ4n) is 1.01. The minimum Gasteiger partial charge on any atom is -0.398 e. The number of halogens is 2. The Bertz CT molecular complexity index is 307. The van der Waals surface area contributed by atoms with Crippen molar-refractivity contribution in [1.82, 2.24) is 0 Å². The zero-order valence-corrected chi connectivity index (χ0v) is 8.47. The van der Waals surface area contributed by atoms with Crippen LogP contribution < -0.4 is 5.73 Å². The predicted molar refractivity (Wildman–Crippen MR) is 53.3 cm³/mol. The van der Waals surface area contributed by atoms with Gasteiger partial charge in [0.05, 0.1) is 5.33 Å². The van der Waals surface area contributed by atoms with E-state index in [9.17, 15) is 9.18 Å². The second kappa shape index (κ2) is 4.37. The lowest BCUT2D eigenvalue weighted by atomic mass is 10.1. The maximum Gasteiger partial charge on any atom is 0.147 e. The molecule has 0 amide bonds. The Morgan fingerprint density at radius 1 is 1.54 bits per heavy atom. The van der Waals surface area contributed by atoms with Gasteiger partial charge in [-0.25, -0.2) is 4.39 Å². The Morgan fingerprint density at radius 2 is 2.23 bits per heavy atom. The molecule has 13 heavy (non-hydrogen) atoms. The monoisotopic (exact) mass is 245 g/mol. The summed E-state index contributed by atoms with van der Waals surface area (Å²) in [6, 6.07) is 4.40. The van der Waals surface area contributed by atoms with Crippen LogP contribution in [0.4, 0.5) is 10.1 Å². The van der Waals surface area contributed by atoms with Gasteiger partial charge in [-0.15, -0.1) is 0 Å². The highest BCUT2D eigenvalue weighted by atomic mass is 79.9. The minimum absolute atomic E-state index is 0.0454. The summed E-state index contributed by atoms with van der Waals surface area (Å²) in [7, 11) is 0. The fraction of sp³-hybridized carbons (Fsp3) is 0.222. The standard InChI is InChI=1S/C9H9BrFNO/c10-5-6(13)4-7-8(11)2-1-3-9(7)12/h1-3H,4-5,12H2. The molecule has 1 aromatic carbocycles. The largest absolute Gasteiger partial charge is 0.398 e. The zero-order chi connectivity index (χ0) is 9.84. The number of rotatable bonds is 3. The van der Waals surface area contributed by atoms with Crippen LogP contribution >= 0.6 is 15.9 Å². The summed E-state index contributed by atoms with van der Waals surface area (Å²) in [5, 5.41) is 0.223. The Kier molecular flexibility index (Phi) is 3.42. The van der Waals surface area contributed by atoms with Crippen molar-refractivity contribution in [3.63, 3.8) is 0 Å². The average molecular weight is 246 g/mol. The molecule has 0 fully saturated rings. The summed E-state index contributed by atoms with van der Waals surface area (Å²) >= 11 is 3.01. The molecule has 0 saturated heterocycles. The lowest BCUT2D eigenvalue weighted by Gasteiger charge is -2.04. The molecule has 1 aromatic rings. The SMILES string of the molecule is Nc1cccc(F)c1CC(=O)CBr. The normalized spacial score (nSPS) is 10.0. The summed E-state index contributed by atoms with van der Waals surface area (Å²) < 4.78 is 13.1. The number of alkyl halides is 1. The number of hydrogen-bond donors (Lipinski definition) is 1. The highest BCUT2D eigenvalue weighted by Crippen LogP contribution is 2.16. The molecule has 70 valence electrons. The molecule has 0 aliphatic heterocycles. The van der Waals surface area contributed by atoms with E-state index in [1.807, 2.05) is 0 Å². The van der Waals surface area contributed by atoms with Crippen molar-refractivity contribution in [3.05, 3.63) is 29.6 Å². The van der Waals surface area contributed by atoms with Crippen LogP contribution in [0.2, 0.25) is 0 Å². The predicted octanol–water partition coefficient (Wildman–Crippen LogP) is 1.91. The van der Waals surface area contributed by atoms with E-state index in [2.05, 4.69) is 15.9 Å². The topological polar surface area (TPSA) is 43.1 Å². The molecule has 0 heterocycles. The van der Waals surface area contributed by atoms with Crippen LogP contribution in [0, 0.1) is 5.82 Å². The molecule has 0 aliphatic rings. The number of nitrogen functional groups attached to an aromatic ring is 1. The van der Waals surface area contributed by atoms with Gasteiger partial charge in [-0.2, -0.15) is 0 Å². The quantitative estimate of drug-likeness (QED) is 0.654. The van der Waals surface area contributed by atoms with Crippen molar-refractivity contribution in [2.24, 2.45) is 0 Å². The first-order valence-electron chi connectivity index (χ1n) is 3.75. The molecule has 0 radical (unpaired) electrons. The molecule has 0 saturated carbocycles. The zero-order valence-electron chi connectivity index (χ0n) is 6.89. The van der Waals surface area contributed by atoms with E-state index in [1.165, 1.54) is 12.1 Å². The van der Waals surface area contributed by atoms with Crippen LogP contribution in [0.15, 0.2) is 18.2 Å². The van der Waals surface area contributed by atoms with Crippen molar-refractivity contribution >= 4 is 27.4 Å². The highest BCUT2D eigenvalue weighted by molar-refractivity contribution is 9.09. The summed E-state index contributed by atoms with van der Waals surface area (Å²) in [5.74, 6) is -0.508. The van der Waals surface area contributed by atoms with E-state index >= 15 is 0 Å². The fourth-order valence-corrected chi connectivity index (χ4v) is 1.20. The third-order valence-corrected chi connectivity index (χ3v) is 2.30. The number of carbonyl (C=O) groups is 1. The van der Waals surface area contributed by atoms with Crippen molar-refractivity contribution in [2.45, 2.75) is 6.42 Å². The van der Waals surface area contributed by atoms with E-state index in [-0.39, 0.29) is 23.1 Å². The van der Waals surface area contributed by atoms with Crippen LogP contribution in [0.3, 0.4) is 0 Å². The van der Waals surface area contributed by atoms with Gasteiger partial charge in [0.2, 0.25) is 0 Å². The second-order valence-corrected chi connectivity index (χ2v) is 3.22. The number of hydrogen-bond acceptors (Lipinski definition) is 2. The molecule has 4 heteroatoms. The number of Topliss-reactive ketones (excluding diaryl/α,β-unsaturated/α-hetero) is 1. The summed E-state index contributed by atoms with van der Waals surface area (Å²) in [6.07, 6.45) is 0.0454. The average Bonchev–Trinajstić information content (AvgIpc) is 2.11. The molecule has 0 unspecified atom stereocenters. The molecule has 0 atom stereocenters. The van der Waals surface area contributed by atoms with E-state index in [1.54, 1.807) is 6.07 Å². The molecular formula is C9H9BrFNO. The van der Waals surface area contributed by atoms with Gasteiger partial charge in [0.1, 0.15) is 11.6 Å². The van der Waals surface area contributed by atoms with E-state index in [0.717, 1.165) is 0 Å². The van der Waals surface area contributed by atoms with Gasteiger partial charge in [-0.05, 0) is 12.1 Å². The first kappa shape index (κ1) is 10.2. The second-order valence-electron chi connectivity index (χ2n) is 2.66. The van der Waals surface area contributed by atoms with E-state index in [0.29, 0.717) is 5.69 Å². The van der Waals surface area contributed by atoms with Crippen molar-refractivity contribution in [3.8, 4) is 0 Å². The Morgan fingerprint density at radius 3 is 2.77 bits per heavy atom. The molecule has 0 bridgehead atoms. The van der Waals surface area contributed by atoms with Crippen LogP contribution in [-0.2, 0) is 11.2 Å². The minimum atomic E-state index is -0.422. The molecule has 0 aliphatic carbocycles. The number of carbonyl (C=O) groups excluding carboxylic acids is 1. The Hall–Kier alpha value is -0.900. The first-order chi connectivity index (χ1) is 6.15. The van der Waals surface area contributed by atoms with Crippen LogP contribution in [0.5, 0.6) is 0 Å². The summed E-state index contributed by atoms with van der Waals surface area (Å²) in [6.45, 7) is 0. The molecule has 1 rings (SSSR count). The van der Waals surface area contributed by atoms with Gasteiger partial charge >= 0.3 is 0 Å². The van der Waals surface area contributed by atoms with Crippen LogP contribution in [0.25, 0.3) is 0 Å². The smallest absolute Gasteiger partial charge is 0.147 e. The number of benzene rings is 1. The van der Waals surface area contributed by atoms with Crippen molar-refractivity contribution in [2.75, 3.05) is 11.1 Å². The van der Waals surface area contributed by atoms with Gasteiger partial charge in [-0.3, -0.25) is 4.79 Å². The van der Waals surface area contributed by atoms with E-state index in [4.69, 9.17) is 5.73 Å². The number of nitrogens with two attached hydrogens (primary N) is 1. The van der Waals surface area contributed by atoms with Gasteiger partial charge in [0, 0.05) is 17.7 Å². The molecule has 0 spiro atoms. The highest BCUT2D eigenvalue weighted by Gasteiger charge is 2.09. The van der Waals surface area contributed by atoms with E-state index < -0.39 is 5.82 Å².